The molecule has 2 fully saturated rings. The van der Waals surface area contributed by atoms with Gasteiger partial charge in [0.05, 0.1) is 12.2 Å². The molecule has 0 amide bonds. The SMILES string of the molecule is C=N/C=C(C=O)\C=N/CN1CC2CN(c3ccc(OC(F)(F)F)cc3)CC2C1.CC.CC. The van der Waals surface area contributed by atoms with Crippen molar-refractivity contribution in [3.63, 3.8) is 0 Å². The quantitative estimate of drug-likeness (QED) is 0.337. The maximum atomic E-state index is 12.3. The third-order valence-electron chi connectivity index (χ3n) is 4.90. The van der Waals surface area contributed by atoms with Gasteiger partial charge in [-0.2, -0.15) is 0 Å². The number of nitrogens with zero attached hydrogens (tertiary/aromatic N) is 4. The summed E-state index contributed by atoms with van der Waals surface area (Å²) in [6.45, 7) is 15.3. The van der Waals surface area contributed by atoms with Crippen molar-refractivity contribution < 1.29 is 22.7 Å². The third kappa shape index (κ3) is 8.45. The largest absolute Gasteiger partial charge is 0.573 e. The number of aliphatic imine (C=N–C) groups is 2. The maximum absolute atomic E-state index is 12.3. The highest BCUT2D eigenvalue weighted by molar-refractivity contribution is 6.01. The standard InChI is InChI=1S/C19H21F3N4O2.2C2H6/c1-23-6-14(12-27)7-24-13-25-8-15-10-26(11-16(15)9-25)17-2-4-18(5-3-17)28-19(20,21)22;2*1-2/h2-7,12,15-16H,1,8-11,13H2;2*1-2H3/b14-6+,24-7-;;. The van der Waals surface area contributed by atoms with Crippen LogP contribution in [0, 0.1) is 11.8 Å². The van der Waals surface area contributed by atoms with Gasteiger partial charge in [-0.3, -0.25) is 19.7 Å². The molecule has 0 spiro atoms. The number of carbonyl (C=O) groups is 1. The molecule has 2 aliphatic rings. The Labute approximate surface area is 188 Å². The van der Waals surface area contributed by atoms with Crippen molar-refractivity contribution in [1.29, 1.82) is 0 Å². The Hall–Kier alpha value is -2.68. The molecule has 0 bridgehead atoms. The van der Waals surface area contributed by atoms with E-state index in [1.165, 1.54) is 24.5 Å². The summed E-state index contributed by atoms with van der Waals surface area (Å²) in [6.07, 6.45) is -1.15. The smallest absolute Gasteiger partial charge is 0.406 e. The van der Waals surface area contributed by atoms with Crippen LogP contribution in [0.15, 0.2) is 46.0 Å². The van der Waals surface area contributed by atoms with Crippen LogP contribution in [0.25, 0.3) is 0 Å². The number of hydrogen-bond donors (Lipinski definition) is 0. The van der Waals surface area contributed by atoms with E-state index in [0.717, 1.165) is 31.9 Å². The number of likely N-dealkylation sites (tertiary alicyclic amines) is 1. The van der Waals surface area contributed by atoms with E-state index in [-0.39, 0.29) is 5.75 Å². The predicted molar refractivity (Wildman–Crippen MR) is 124 cm³/mol. The topological polar surface area (TPSA) is 57.5 Å². The Morgan fingerprint density at radius 2 is 1.66 bits per heavy atom. The number of rotatable bonds is 7. The second kappa shape index (κ2) is 13.7. The van der Waals surface area contributed by atoms with Crippen LogP contribution < -0.4 is 9.64 Å². The summed E-state index contributed by atoms with van der Waals surface area (Å²) in [4.78, 5) is 23.1. The lowest BCUT2D eigenvalue weighted by Gasteiger charge is -2.22. The minimum Gasteiger partial charge on any atom is -0.406 e. The summed E-state index contributed by atoms with van der Waals surface area (Å²) >= 11 is 0. The molecule has 9 heteroatoms. The Bertz CT molecular complexity index is 750. The third-order valence-corrected chi connectivity index (χ3v) is 4.90. The number of allylic oxidation sites excluding steroid dienone is 1. The Morgan fingerprint density at radius 1 is 1.09 bits per heavy atom. The number of fused-ring (bicyclic) bond motifs is 1. The lowest BCUT2D eigenvalue weighted by molar-refractivity contribution is -0.274. The van der Waals surface area contributed by atoms with Crippen molar-refractivity contribution in [2.45, 2.75) is 34.1 Å². The van der Waals surface area contributed by atoms with E-state index in [2.05, 4.69) is 31.2 Å². The van der Waals surface area contributed by atoms with Crippen LogP contribution in [0.3, 0.4) is 0 Å². The molecule has 2 saturated heterocycles. The summed E-state index contributed by atoms with van der Waals surface area (Å²) < 4.78 is 40.7. The summed E-state index contributed by atoms with van der Waals surface area (Å²) in [7, 11) is 0. The van der Waals surface area contributed by atoms with E-state index < -0.39 is 6.36 Å². The molecule has 2 unspecified atom stereocenters. The maximum Gasteiger partial charge on any atom is 0.573 e. The van der Waals surface area contributed by atoms with Crippen LogP contribution in [0.1, 0.15) is 27.7 Å². The van der Waals surface area contributed by atoms with E-state index in [4.69, 9.17) is 0 Å². The van der Waals surface area contributed by atoms with Gasteiger partial charge in [-0.05, 0) is 42.8 Å². The van der Waals surface area contributed by atoms with Gasteiger partial charge in [0.1, 0.15) is 5.75 Å². The highest BCUT2D eigenvalue weighted by Crippen LogP contribution is 2.34. The Kier molecular flexibility index (Phi) is 11.7. The molecule has 1 aromatic rings. The fourth-order valence-corrected chi connectivity index (χ4v) is 3.74. The van der Waals surface area contributed by atoms with E-state index in [9.17, 15) is 18.0 Å². The van der Waals surface area contributed by atoms with Crippen LogP contribution in [0.2, 0.25) is 0 Å². The van der Waals surface area contributed by atoms with Crippen molar-refractivity contribution in [2.24, 2.45) is 21.8 Å². The molecule has 0 N–H and O–H groups in total. The molecule has 2 heterocycles. The molecule has 2 atom stereocenters. The Morgan fingerprint density at radius 3 is 2.12 bits per heavy atom. The number of alkyl halides is 3. The normalized spacial score (nSPS) is 20.7. The van der Waals surface area contributed by atoms with Crippen molar-refractivity contribution in [1.82, 2.24) is 4.90 Å². The predicted octanol–water partition coefficient (Wildman–Crippen LogP) is 4.82. The van der Waals surface area contributed by atoms with Crippen LogP contribution in [-0.4, -0.2) is 63.3 Å². The number of hydrogen-bond acceptors (Lipinski definition) is 6. The fourth-order valence-electron chi connectivity index (χ4n) is 3.74. The number of aldehydes is 1. The summed E-state index contributed by atoms with van der Waals surface area (Å²) in [5.41, 5.74) is 1.27. The highest BCUT2D eigenvalue weighted by atomic mass is 19.4. The van der Waals surface area contributed by atoms with Gasteiger partial charge in [-0.25, -0.2) is 0 Å². The molecule has 3 rings (SSSR count). The molecule has 0 aromatic heterocycles. The average molecular weight is 455 g/mol. The van der Waals surface area contributed by atoms with Crippen molar-refractivity contribution >= 4 is 24.9 Å². The lowest BCUT2D eigenvalue weighted by atomic mass is 10.0. The minimum absolute atomic E-state index is 0.213. The molecule has 1 aromatic carbocycles. The van der Waals surface area contributed by atoms with Gasteiger partial charge >= 0.3 is 6.36 Å². The number of ether oxygens (including phenoxy) is 1. The van der Waals surface area contributed by atoms with Crippen LogP contribution in [-0.2, 0) is 4.79 Å². The van der Waals surface area contributed by atoms with Gasteiger partial charge in [0, 0.05) is 44.3 Å². The first-order valence-corrected chi connectivity index (χ1v) is 10.8. The number of anilines is 1. The molecule has 0 radical (unpaired) electrons. The first-order chi connectivity index (χ1) is 15.4. The van der Waals surface area contributed by atoms with Gasteiger partial charge in [0.2, 0.25) is 0 Å². The van der Waals surface area contributed by atoms with Gasteiger partial charge in [-0.15, -0.1) is 13.2 Å². The first-order valence-electron chi connectivity index (χ1n) is 10.8. The van der Waals surface area contributed by atoms with Crippen LogP contribution >= 0.6 is 0 Å². The molecule has 6 nitrogen and oxygen atoms in total. The molecular weight excluding hydrogens is 421 g/mol. The van der Waals surface area contributed by atoms with E-state index >= 15 is 0 Å². The van der Waals surface area contributed by atoms with E-state index in [0.29, 0.717) is 30.4 Å². The van der Waals surface area contributed by atoms with Crippen LogP contribution in [0.4, 0.5) is 18.9 Å². The zero-order valence-corrected chi connectivity index (χ0v) is 19.2. The zero-order valence-electron chi connectivity index (χ0n) is 19.2. The number of halogens is 3. The van der Waals surface area contributed by atoms with Gasteiger partial charge < -0.3 is 9.64 Å². The van der Waals surface area contributed by atoms with Crippen molar-refractivity contribution in [3.05, 3.63) is 36.0 Å². The fraction of sp³-hybridized carbons (Fsp3) is 0.522. The van der Waals surface area contributed by atoms with E-state index in [1.54, 1.807) is 12.1 Å². The molecule has 0 saturated carbocycles. The molecule has 2 aliphatic heterocycles. The molecular formula is C23H33F3N4O2. The second-order valence-electron chi connectivity index (χ2n) is 6.89. The number of benzene rings is 1. The zero-order chi connectivity index (χ0) is 24.1. The number of carbonyl (C=O) groups excluding carboxylic acids is 1. The minimum atomic E-state index is -4.68. The van der Waals surface area contributed by atoms with Crippen LogP contribution in [0.5, 0.6) is 5.75 Å². The molecule has 32 heavy (non-hydrogen) atoms. The molecule has 0 aliphatic carbocycles. The first kappa shape index (κ1) is 27.4. The van der Waals surface area contributed by atoms with Crippen molar-refractivity contribution in [3.8, 4) is 5.75 Å². The van der Waals surface area contributed by atoms with Gasteiger partial charge in [0.15, 0.2) is 6.29 Å². The Balaban J connectivity index is 0.00000121. The van der Waals surface area contributed by atoms with E-state index in [1.807, 2.05) is 27.7 Å². The average Bonchev–Trinajstić information content (AvgIpc) is 3.34. The summed E-state index contributed by atoms with van der Waals surface area (Å²) in [5.74, 6) is 0.754. The summed E-state index contributed by atoms with van der Waals surface area (Å²) in [5, 5.41) is 0. The van der Waals surface area contributed by atoms with Gasteiger partial charge in [0.25, 0.3) is 0 Å². The van der Waals surface area contributed by atoms with Gasteiger partial charge in [-0.1, -0.05) is 27.7 Å². The monoisotopic (exact) mass is 454 g/mol. The van der Waals surface area contributed by atoms with Crippen molar-refractivity contribution in [2.75, 3.05) is 37.7 Å². The lowest BCUT2D eigenvalue weighted by Crippen LogP contribution is -2.29. The highest BCUT2D eigenvalue weighted by Gasteiger charge is 2.39. The molecule has 178 valence electrons. The summed E-state index contributed by atoms with van der Waals surface area (Å²) in [6, 6.07) is 6.00. The second-order valence-corrected chi connectivity index (χ2v) is 6.89.